The standard InChI is InChI=1S/C14H17ClN4S2.C9H11NOS/c1-16-11-2-4-12(5-3-11)21-19-8-6-18(7-9-19)14-17-13(15)10-20-14;1-10(12-2)9-6-4-3-5-8(9)7-11/h2-5,10,16H,6-9H2,1H3;3-7H,1-2H3. The van der Waals surface area contributed by atoms with Crippen molar-refractivity contribution < 1.29 is 4.79 Å². The minimum atomic E-state index is 0.594. The first-order valence-corrected chi connectivity index (χ1v) is 13.6. The molecule has 0 bridgehead atoms. The minimum absolute atomic E-state index is 0.594. The fourth-order valence-electron chi connectivity index (χ4n) is 3.17. The Morgan fingerprint density at radius 2 is 1.82 bits per heavy atom. The molecule has 1 aliphatic heterocycles. The van der Waals surface area contributed by atoms with Gasteiger partial charge in [0.1, 0.15) is 5.15 Å². The predicted molar refractivity (Wildman–Crippen MR) is 147 cm³/mol. The zero-order valence-corrected chi connectivity index (χ0v) is 22.1. The molecule has 1 saturated heterocycles. The van der Waals surface area contributed by atoms with Crippen LogP contribution in [-0.2, 0) is 0 Å². The molecule has 0 saturated carbocycles. The summed E-state index contributed by atoms with van der Waals surface area (Å²) in [6, 6.07) is 16.1. The van der Waals surface area contributed by atoms with Crippen molar-refractivity contribution in [3.8, 4) is 0 Å². The molecule has 10 heteroatoms. The number of aldehydes is 1. The van der Waals surface area contributed by atoms with E-state index in [-0.39, 0.29) is 0 Å². The van der Waals surface area contributed by atoms with Crippen LogP contribution >= 0.6 is 46.8 Å². The van der Waals surface area contributed by atoms with Crippen LogP contribution in [0, 0.1) is 0 Å². The maximum absolute atomic E-state index is 10.6. The predicted octanol–water partition coefficient (Wildman–Crippen LogP) is 5.88. The molecular formula is C23H28ClN5OS3. The summed E-state index contributed by atoms with van der Waals surface area (Å²) in [5.74, 6) is 0. The van der Waals surface area contributed by atoms with Crippen molar-refractivity contribution in [1.82, 2.24) is 9.29 Å². The van der Waals surface area contributed by atoms with E-state index < -0.39 is 0 Å². The van der Waals surface area contributed by atoms with E-state index in [0.717, 1.165) is 54.5 Å². The zero-order chi connectivity index (χ0) is 23.6. The van der Waals surface area contributed by atoms with Crippen LogP contribution in [0.1, 0.15) is 10.4 Å². The number of para-hydroxylation sites is 1. The number of halogens is 1. The van der Waals surface area contributed by atoms with E-state index in [0.29, 0.717) is 5.15 Å². The number of piperazine rings is 1. The molecule has 2 aromatic carbocycles. The molecule has 176 valence electrons. The van der Waals surface area contributed by atoms with Crippen LogP contribution in [-0.4, -0.2) is 62.1 Å². The van der Waals surface area contributed by atoms with E-state index in [9.17, 15) is 4.79 Å². The molecule has 0 atom stereocenters. The van der Waals surface area contributed by atoms with E-state index in [1.165, 1.54) is 4.90 Å². The highest BCUT2D eigenvalue weighted by atomic mass is 35.5. The van der Waals surface area contributed by atoms with Crippen molar-refractivity contribution in [3.63, 3.8) is 0 Å². The monoisotopic (exact) mass is 521 g/mol. The van der Waals surface area contributed by atoms with Gasteiger partial charge in [0, 0.05) is 68.1 Å². The molecule has 0 aliphatic carbocycles. The first kappa shape index (κ1) is 25.7. The quantitative estimate of drug-likeness (QED) is 0.305. The van der Waals surface area contributed by atoms with E-state index in [2.05, 4.69) is 43.8 Å². The number of carbonyl (C=O) groups excluding carboxylic acids is 1. The van der Waals surface area contributed by atoms with Gasteiger partial charge in [-0.3, -0.25) is 4.79 Å². The molecule has 33 heavy (non-hydrogen) atoms. The Morgan fingerprint density at radius 1 is 1.12 bits per heavy atom. The van der Waals surface area contributed by atoms with Crippen LogP contribution in [0.15, 0.2) is 58.8 Å². The summed E-state index contributed by atoms with van der Waals surface area (Å²) in [5.41, 5.74) is 2.83. The van der Waals surface area contributed by atoms with Gasteiger partial charge in [-0.15, -0.1) is 11.3 Å². The van der Waals surface area contributed by atoms with Gasteiger partial charge in [0.25, 0.3) is 0 Å². The Morgan fingerprint density at radius 3 is 2.39 bits per heavy atom. The average molecular weight is 522 g/mol. The van der Waals surface area contributed by atoms with Crippen molar-refractivity contribution in [2.24, 2.45) is 0 Å². The summed E-state index contributed by atoms with van der Waals surface area (Å²) >= 11 is 10.9. The summed E-state index contributed by atoms with van der Waals surface area (Å²) in [5, 5.41) is 6.65. The van der Waals surface area contributed by atoms with Gasteiger partial charge in [0.2, 0.25) is 0 Å². The van der Waals surface area contributed by atoms with Crippen LogP contribution in [0.4, 0.5) is 16.5 Å². The van der Waals surface area contributed by atoms with Gasteiger partial charge in [0.15, 0.2) is 11.4 Å². The van der Waals surface area contributed by atoms with Crippen LogP contribution in [0.2, 0.25) is 5.15 Å². The molecule has 6 nitrogen and oxygen atoms in total. The summed E-state index contributed by atoms with van der Waals surface area (Å²) in [6.45, 7) is 4.03. The number of rotatable bonds is 7. The summed E-state index contributed by atoms with van der Waals surface area (Å²) in [4.78, 5) is 18.5. The lowest BCUT2D eigenvalue weighted by molar-refractivity contribution is 0.112. The summed E-state index contributed by atoms with van der Waals surface area (Å²) < 4.78 is 4.36. The van der Waals surface area contributed by atoms with Crippen LogP contribution < -0.4 is 14.5 Å². The van der Waals surface area contributed by atoms with Gasteiger partial charge in [-0.05, 0) is 48.3 Å². The topological polar surface area (TPSA) is 51.7 Å². The van der Waals surface area contributed by atoms with Crippen LogP contribution in [0.3, 0.4) is 0 Å². The molecule has 1 aliphatic rings. The summed E-state index contributed by atoms with van der Waals surface area (Å²) in [6.07, 6.45) is 2.85. The Balaban J connectivity index is 0.000000218. The highest BCUT2D eigenvalue weighted by Crippen LogP contribution is 2.28. The van der Waals surface area contributed by atoms with Gasteiger partial charge >= 0.3 is 0 Å². The Labute approximate surface area is 213 Å². The molecule has 2 heterocycles. The fourth-order valence-corrected chi connectivity index (χ4v) is 5.43. The highest BCUT2D eigenvalue weighted by Gasteiger charge is 2.20. The van der Waals surface area contributed by atoms with Crippen molar-refractivity contribution in [3.05, 3.63) is 64.6 Å². The lowest BCUT2D eigenvalue weighted by atomic mass is 10.2. The molecular weight excluding hydrogens is 494 g/mol. The van der Waals surface area contributed by atoms with E-state index in [1.807, 2.05) is 66.2 Å². The third-order valence-electron chi connectivity index (χ3n) is 5.03. The molecule has 0 unspecified atom stereocenters. The molecule has 3 aromatic rings. The number of benzene rings is 2. The van der Waals surface area contributed by atoms with Gasteiger partial charge < -0.3 is 14.5 Å². The number of nitrogens with zero attached hydrogens (tertiary/aromatic N) is 4. The molecule has 1 aromatic heterocycles. The number of thiazole rings is 1. The maximum Gasteiger partial charge on any atom is 0.186 e. The molecule has 1 N–H and O–H groups in total. The summed E-state index contributed by atoms with van der Waals surface area (Å²) in [7, 11) is 3.87. The second kappa shape index (κ2) is 13.1. The maximum atomic E-state index is 10.6. The minimum Gasteiger partial charge on any atom is -0.388 e. The van der Waals surface area contributed by atoms with Crippen molar-refractivity contribution in [2.75, 3.05) is 61.1 Å². The lowest BCUT2D eigenvalue weighted by Gasteiger charge is -2.33. The zero-order valence-electron chi connectivity index (χ0n) is 18.9. The van der Waals surface area contributed by atoms with Crippen molar-refractivity contribution in [1.29, 1.82) is 0 Å². The molecule has 4 rings (SSSR count). The number of hydrogen-bond acceptors (Lipinski definition) is 9. The number of nitrogens with one attached hydrogen (secondary N) is 1. The van der Waals surface area contributed by atoms with Crippen molar-refractivity contribution >= 4 is 69.6 Å². The number of carbonyl (C=O) groups is 1. The Bertz CT molecular complexity index is 1010. The number of anilines is 3. The van der Waals surface area contributed by atoms with Gasteiger partial charge in [0.05, 0.1) is 5.69 Å². The van der Waals surface area contributed by atoms with E-state index in [1.54, 1.807) is 23.3 Å². The largest absolute Gasteiger partial charge is 0.388 e. The van der Waals surface area contributed by atoms with Gasteiger partial charge in [-0.25, -0.2) is 9.29 Å². The van der Waals surface area contributed by atoms with Crippen molar-refractivity contribution in [2.45, 2.75) is 4.90 Å². The third kappa shape index (κ3) is 7.55. The first-order valence-electron chi connectivity index (χ1n) is 10.4. The molecule has 0 amide bonds. The number of aromatic nitrogens is 1. The van der Waals surface area contributed by atoms with Gasteiger partial charge in [-0.2, -0.15) is 0 Å². The van der Waals surface area contributed by atoms with Crippen LogP contribution in [0.25, 0.3) is 0 Å². The molecule has 1 fully saturated rings. The SMILES string of the molecule is CNc1ccc(SN2CCN(c3nc(Cl)cs3)CC2)cc1.CSN(C)c1ccccc1C=O. The number of hydrogen-bond donors (Lipinski definition) is 1. The van der Waals surface area contributed by atoms with E-state index in [4.69, 9.17) is 11.6 Å². The molecule has 0 radical (unpaired) electrons. The molecule has 0 spiro atoms. The lowest BCUT2D eigenvalue weighted by Crippen LogP contribution is -2.43. The highest BCUT2D eigenvalue weighted by molar-refractivity contribution is 7.99. The van der Waals surface area contributed by atoms with E-state index >= 15 is 0 Å². The Kier molecular flexibility index (Phi) is 10.2. The smallest absolute Gasteiger partial charge is 0.186 e. The second-order valence-corrected chi connectivity index (χ2v) is 10.4. The average Bonchev–Trinajstić information content (AvgIpc) is 3.31. The fraction of sp³-hybridized carbons (Fsp3) is 0.304. The van der Waals surface area contributed by atoms with Crippen LogP contribution in [0.5, 0.6) is 0 Å². The third-order valence-corrected chi connectivity index (χ3v) is 8.10. The Hall–Kier alpha value is -1.91. The van der Waals surface area contributed by atoms with Gasteiger partial charge in [-0.1, -0.05) is 35.7 Å². The first-order chi connectivity index (χ1) is 16.0. The normalized spacial score (nSPS) is 13.8. The second-order valence-electron chi connectivity index (χ2n) is 7.09.